The maximum atomic E-state index is 13.0. The van der Waals surface area contributed by atoms with Crippen molar-refractivity contribution in [2.24, 2.45) is 0 Å². The summed E-state index contributed by atoms with van der Waals surface area (Å²) in [6, 6.07) is 10.9. The lowest BCUT2D eigenvalue weighted by molar-refractivity contribution is -0.137. The van der Waals surface area contributed by atoms with Gasteiger partial charge >= 0.3 is 12.2 Å². The number of aromatic nitrogens is 2. The second kappa shape index (κ2) is 7.66. The van der Waals surface area contributed by atoms with Crippen LogP contribution in [0.1, 0.15) is 23.2 Å². The lowest BCUT2D eigenvalue weighted by Crippen LogP contribution is -2.51. The van der Waals surface area contributed by atoms with Crippen LogP contribution in [0.15, 0.2) is 67.1 Å². The summed E-state index contributed by atoms with van der Waals surface area (Å²) in [5, 5.41) is 5.60. The number of nitrogens with one attached hydrogen (secondary N) is 2. The highest BCUT2D eigenvalue weighted by molar-refractivity contribution is 5.90. The van der Waals surface area contributed by atoms with E-state index in [-0.39, 0.29) is 6.61 Å². The number of nitrogens with zero attached hydrogens (tertiary/aromatic N) is 2. The van der Waals surface area contributed by atoms with Crippen molar-refractivity contribution < 1.29 is 22.7 Å². The van der Waals surface area contributed by atoms with Crippen molar-refractivity contribution in [2.75, 3.05) is 11.9 Å². The standard InChI is InChI=1S/C21H17F3N4O2/c22-21(23,24)15-7-5-14(6-8-15)20(9-12-30-17-4-2-11-26-18(17)20)28-19(29)27-16-3-1-10-25-13-16/h1-8,10-11,13H,9,12H2,(H2,27,28,29). The Kier molecular flexibility index (Phi) is 5.03. The van der Waals surface area contributed by atoms with Crippen molar-refractivity contribution in [1.82, 2.24) is 15.3 Å². The molecule has 1 aliphatic rings. The first-order valence-electron chi connectivity index (χ1n) is 9.14. The van der Waals surface area contributed by atoms with E-state index in [1.54, 1.807) is 36.7 Å². The highest BCUT2D eigenvalue weighted by atomic mass is 19.4. The number of alkyl halides is 3. The molecule has 2 aromatic heterocycles. The molecule has 0 radical (unpaired) electrons. The Morgan fingerprint density at radius 3 is 2.53 bits per heavy atom. The number of ether oxygens (including phenoxy) is 1. The van der Waals surface area contributed by atoms with Gasteiger partial charge in [0, 0.05) is 18.8 Å². The molecule has 154 valence electrons. The molecule has 4 rings (SSSR count). The average molecular weight is 414 g/mol. The Morgan fingerprint density at radius 1 is 1.07 bits per heavy atom. The lowest BCUT2D eigenvalue weighted by atomic mass is 9.81. The third kappa shape index (κ3) is 3.78. The maximum absolute atomic E-state index is 13.0. The molecule has 2 N–H and O–H groups in total. The van der Waals surface area contributed by atoms with Crippen molar-refractivity contribution in [3.05, 3.63) is 83.9 Å². The lowest BCUT2D eigenvalue weighted by Gasteiger charge is -2.39. The van der Waals surface area contributed by atoms with Crippen molar-refractivity contribution in [3.63, 3.8) is 0 Å². The van der Waals surface area contributed by atoms with E-state index < -0.39 is 23.3 Å². The van der Waals surface area contributed by atoms with E-state index in [1.807, 2.05) is 0 Å². The maximum Gasteiger partial charge on any atom is 0.416 e. The summed E-state index contributed by atoms with van der Waals surface area (Å²) in [5.41, 5.74) is -0.552. The van der Waals surface area contributed by atoms with Crippen molar-refractivity contribution in [1.29, 1.82) is 0 Å². The van der Waals surface area contributed by atoms with Gasteiger partial charge in [0.15, 0.2) is 0 Å². The normalized spacial score (nSPS) is 18.1. The van der Waals surface area contributed by atoms with Gasteiger partial charge in [0.2, 0.25) is 0 Å². The molecule has 1 atom stereocenters. The summed E-state index contributed by atoms with van der Waals surface area (Å²) in [6.07, 6.45) is 0.449. The van der Waals surface area contributed by atoms with Crippen LogP contribution < -0.4 is 15.4 Å². The monoisotopic (exact) mass is 414 g/mol. The Labute approximate surface area is 170 Å². The number of hydrogen-bond acceptors (Lipinski definition) is 4. The minimum absolute atomic E-state index is 0.257. The van der Waals surface area contributed by atoms with Crippen LogP contribution >= 0.6 is 0 Å². The number of halogens is 3. The molecule has 3 heterocycles. The number of carbonyl (C=O) groups excluding carboxylic acids is 1. The molecular formula is C21H17F3N4O2. The van der Waals surface area contributed by atoms with Crippen LogP contribution in [0.25, 0.3) is 0 Å². The molecule has 1 aliphatic heterocycles. The van der Waals surface area contributed by atoms with Crippen molar-refractivity contribution in [2.45, 2.75) is 18.1 Å². The van der Waals surface area contributed by atoms with Crippen LogP contribution in [-0.4, -0.2) is 22.6 Å². The van der Waals surface area contributed by atoms with E-state index in [9.17, 15) is 18.0 Å². The summed E-state index contributed by atoms with van der Waals surface area (Å²) in [4.78, 5) is 21.1. The predicted octanol–water partition coefficient (Wildman–Crippen LogP) is 4.34. The zero-order valence-corrected chi connectivity index (χ0v) is 15.6. The van der Waals surface area contributed by atoms with E-state index in [1.165, 1.54) is 18.3 Å². The number of rotatable bonds is 3. The van der Waals surface area contributed by atoms with E-state index >= 15 is 0 Å². The molecule has 0 aliphatic carbocycles. The van der Waals surface area contributed by atoms with Crippen LogP contribution in [0.3, 0.4) is 0 Å². The molecule has 0 fully saturated rings. The topological polar surface area (TPSA) is 76.1 Å². The van der Waals surface area contributed by atoms with Gasteiger partial charge in [0.05, 0.1) is 24.1 Å². The number of fused-ring (bicyclic) bond motifs is 1. The van der Waals surface area contributed by atoms with Gasteiger partial charge in [-0.05, 0) is 42.0 Å². The molecule has 1 unspecified atom stereocenters. The highest BCUT2D eigenvalue weighted by Gasteiger charge is 2.43. The molecular weight excluding hydrogens is 397 g/mol. The quantitative estimate of drug-likeness (QED) is 0.669. The van der Waals surface area contributed by atoms with E-state index in [4.69, 9.17) is 4.74 Å². The van der Waals surface area contributed by atoms with Crippen molar-refractivity contribution in [3.8, 4) is 5.75 Å². The summed E-state index contributed by atoms with van der Waals surface area (Å²) in [7, 11) is 0. The van der Waals surface area contributed by atoms with Crippen molar-refractivity contribution >= 4 is 11.7 Å². The zero-order valence-electron chi connectivity index (χ0n) is 15.6. The number of amides is 2. The number of carbonyl (C=O) groups is 1. The zero-order chi connectivity index (χ0) is 21.2. The first kappa shape index (κ1) is 19.7. The molecule has 0 spiro atoms. The third-order valence-electron chi connectivity index (χ3n) is 4.86. The minimum Gasteiger partial charge on any atom is -0.491 e. The average Bonchev–Trinajstić information content (AvgIpc) is 2.74. The number of pyridine rings is 2. The third-order valence-corrected chi connectivity index (χ3v) is 4.86. The van der Waals surface area contributed by atoms with Gasteiger partial charge in [0.1, 0.15) is 17.0 Å². The summed E-state index contributed by atoms with van der Waals surface area (Å²) in [5.74, 6) is 0.463. The van der Waals surface area contributed by atoms with Gasteiger partial charge in [-0.15, -0.1) is 0 Å². The SMILES string of the molecule is O=C(Nc1cccnc1)NC1(c2ccc(C(F)(F)F)cc2)CCOc2cccnc21. The number of hydrogen-bond donors (Lipinski definition) is 2. The molecule has 0 saturated carbocycles. The van der Waals surface area contributed by atoms with E-state index in [2.05, 4.69) is 20.6 Å². The summed E-state index contributed by atoms with van der Waals surface area (Å²) < 4.78 is 44.7. The van der Waals surface area contributed by atoms with Crippen LogP contribution in [0.5, 0.6) is 5.75 Å². The fraction of sp³-hybridized carbons (Fsp3) is 0.190. The summed E-state index contributed by atoms with van der Waals surface area (Å²) >= 11 is 0. The Hall–Kier alpha value is -3.62. The van der Waals surface area contributed by atoms with Gasteiger partial charge in [-0.2, -0.15) is 13.2 Å². The van der Waals surface area contributed by atoms with Gasteiger partial charge < -0.3 is 15.4 Å². The molecule has 3 aromatic rings. The molecule has 9 heteroatoms. The first-order chi connectivity index (χ1) is 14.4. The number of benzene rings is 1. The largest absolute Gasteiger partial charge is 0.491 e. The van der Waals surface area contributed by atoms with Gasteiger partial charge in [0.25, 0.3) is 0 Å². The minimum atomic E-state index is -4.46. The number of anilines is 1. The Bertz CT molecular complexity index is 1040. The molecule has 1 aromatic carbocycles. The highest BCUT2D eigenvalue weighted by Crippen LogP contribution is 2.41. The van der Waals surface area contributed by atoms with Gasteiger partial charge in [-0.3, -0.25) is 9.97 Å². The molecule has 6 nitrogen and oxygen atoms in total. The fourth-order valence-electron chi connectivity index (χ4n) is 3.47. The molecule has 0 bridgehead atoms. The predicted molar refractivity (Wildman–Crippen MR) is 103 cm³/mol. The molecule has 2 amide bonds. The second-order valence-corrected chi connectivity index (χ2v) is 6.75. The van der Waals surface area contributed by atoms with Crippen LogP contribution in [-0.2, 0) is 11.7 Å². The Morgan fingerprint density at radius 2 is 1.83 bits per heavy atom. The Balaban J connectivity index is 1.74. The number of urea groups is 1. The van der Waals surface area contributed by atoms with E-state index in [0.717, 1.165) is 12.1 Å². The fourth-order valence-corrected chi connectivity index (χ4v) is 3.47. The van der Waals surface area contributed by atoms with Crippen LogP contribution in [0.2, 0.25) is 0 Å². The van der Waals surface area contributed by atoms with Crippen LogP contribution in [0, 0.1) is 0 Å². The van der Waals surface area contributed by atoms with Gasteiger partial charge in [-0.1, -0.05) is 12.1 Å². The molecule has 30 heavy (non-hydrogen) atoms. The summed E-state index contributed by atoms with van der Waals surface area (Å²) in [6.45, 7) is 0.257. The first-order valence-corrected chi connectivity index (χ1v) is 9.14. The second-order valence-electron chi connectivity index (χ2n) is 6.75. The van der Waals surface area contributed by atoms with E-state index in [0.29, 0.717) is 29.1 Å². The smallest absolute Gasteiger partial charge is 0.416 e. The molecule has 0 saturated heterocycles. The van der Waals surface area contributed by atoms with Crippen LogP contribution in [0.4, 0.5) is 23.7 Å². The van der Waals surface area contributed by atoms with Gasteiger partial charge in [-0.25, -0.2) is 4.79 Å².